The van der Waals surface area contributed by atoms with Crippen molar-refractivity contribution in [2.75, 3.05) is 7.11 Å². The molecule has 0 saturated heterocycles. The maximum Gasteiger partial charge on any atom is 0.119 e. The maximum atomic E-state index is 10.3. The highest BCUT2D eigenvalue weighted by atomic mass is 16.5. The number of methoxy groups -OCH3 is 1. The van der Waals surface area contributed by atoms with E-state index in [1.807, 2.05) is 18.2 Å². The molecule has 1 aliphatic rings. The van der Waals surface area contributed by atoms with Crippen molar-refractivity contribution < 1.29 is 9.84 Å². The molecule has 1 aliphatic carbocycles. The molecule has 1 atom stereocenters. The zero-order valence-corrected chi connectivity index (χ0v) is 8.99. The van der Waals surface area contributed by atoms with Crippen LogP contribution in [0.25, 0.3) is 0 Å². The van der Waals surface area contributed by atoms with Crippen LogP contribution in [0.2, 0.25) is 0 Å². The largest absolute Gasteiger partial charge is 0.497 e. The van der Waals surface area contributed by atoms with Gasteiger partial charge in [0.15, 0.2) is 0 Å². The van der Waals surface area contributed by atoms with Crippen LogP contribution in [0.15, 0.2) is 30.9 Å². The predicted octanol–water partition coefficient (Wildman–Crippen LogP) is 2.41. The second-order valence-corrected chi connectivity index (χ2v) is 4.01. The minimum atomic E-state index is -0.847. The molecule has 0 bridgehead atoms. The number of aryl methyl sites for hydroxylation is 1. The number of benzene rings is 1. The van der Waals surface area contributed by atoms with Gasteiger partial charge in [0.1, 0.15) is 11.4 Å². The Bertz CT molecular complexity index is 384. The standard InChI is InChI=1S/C13H16O2/c1-3-13(14)8-4-5-10-9-11(15-2)6-7-12(10)13/h3,6-7,9,14H,1,4-5,8H2,2H3. The van der Waals surface area contributed by atoms with Crippen LogP contribution in [0.5, 0.6) is 5.75 Å². The van der Waals surface area contributed by atoms with Crippen molar-refractivity contribution in [2.45, 2.75) is 24.9 Å². The van der Waals surface area contributed by atoms with Gasteiger partial charge in [0, 0.05) is 0 Å². The van der Waals surface area contributed by atoms with Gasteiger partial charge in [-0.2, -0.15) is 0 Å². The average Bonchev–Trinajstić information content (AvgIpc) is 2.29. The third-order valence-electron chi connectivity index (χ3n) is 3.12. The number of fused-ring (bicyclic) bond motifs is 1. The fourth-order valence-electron chi connectivity index (χ4n) is 2.22. The highest BCUT2D eigenvalue weighted by Crippen LogP contribution is 2.37. The summed E-state index contributed by atoms with van der Waals surface area (Å²) >= 11 is 0. The van der Waals surface area contributed by atoms with Crippen LogP contribution in [0.3, 0.4) is 0 Å². The summed E-state index contributed by atoms with van der Waals surface area (Å²) in [7, 11) is 1.66. The quantitative estimate of drug-likeness (QED) is 0.750. The van der Waals surface area contributed by atoms with E-state index in [1.165, 1.54) is 5.56 Å². The van der Waals surface area contributed by atoms with Gasteiger partial charge in [-0.05, 0) is 42.5 Å². The van der Waals surface area contributed by atoms with E-state index in [0.29, 0.717) is 0 Å². The first-order chi connectivity index (χ1) is 7.19. The smallest absolute Gasteiger partial charge is 0.119 e. The molecule has 2 nitrogen and oxygen atoms in total. The van der Waals surface area contributed by atoms with E-state index in [1.54, 1.807) is 13.2 Å². The number of hydrogen-bond donors (Lipinski definition) is 1. The van der Waals surface area contributed by atoms with Crippen LogP contribution in [0.1, 0.15) is 24.0 Å². The molecule has 0 heterocycles. The van der Waals surface area contributed by atoms with Gasteiger partial charge in [0.25, 0.3) is 0 Å². The summed E-state index contributed by atoms with van der Waals surface area (Å²) in [4.78, 5) is 0. The Hall–Kier alpha value is -1.28. The first kappa shape index (κ1) is 10.2. The number of ether oxygens (including phenoxy) is 1. The first-order valence-electron chi connectivity index (χ1n) is 5.23. The van der Waals surface area contributed by atoms with Crippen LogP contribution >= 0.6 is 0 Å². The Morgan fingerprint density at radius 2 is 2.33 bits per heavy atom. The molecule has 2 rings (SSSR count). The molecule has 2 heteroatoms. The normalized spacial score (nSPS) is 24.4. The number of hydrogen-bond acceptors (Lipinski definition) is 2. The van der Waals surface area contributed by atoms with E-state index in [4.69, 9.17) is 4.74 Å². The molecule has 15 heavy (non-hydrogen) atoms. The van der Waals surface area contributed by atoms with Gasteiger partial charge in [-0.15, -0.1) is 0 Å². The van der Waals surface area contributed by atoms with Crippen molar-refractivity contribution in [1.82, 2.24) is 0 Å². The number of aliphatic hydroxyl groups is 1. The fraction of sp³-hybridized carbons (Fsp3) is 0.385. The molecule has 0 radical (unpaired) electrons. The highest BCUT2D eigenvalue weighted by Gasteiger charge is 2.31. The van der Waals surface area contributed by atoms with E-state index in [2.05, 4.69) is 6.58 Å². The molecule has 0 aromatic heterocycles. The van der Waals surface area contributed by atoms with Crippen LogP contribution in [0, 0.1) is 0 Å². The van der Waals surface area contributed by atoms with Gasteiger partial charge in [0.05, 0.1) is 7.11 Å². The third kappa shape index (κ3) is 1.65. The highest BCUT2D eigenvalue weighted by molar-refractivity contribution is 5.42. The second kappa shape index (κ2) is 3.70. The molecule has 0 saturated carbocycles. The van der Waals surface area contributed by atoms with Crippen molar-refractivity contribution in [3.8, 4) is 5.75 Å². The van der Waals surface area contributed by atoms with E-state index in [-0.39, 0.29) is 0 Å². The molecular formula is C13H16O2. The van der Waals surface area contributed by atoms with Crippen LogP contribution in [0.4, 0.5) is 0 Å². The summed E-state index contributed by atoms with van der Waals surface area (Å²) in [5, 5.41) is 10.3. The third-order valence-corrected chi connectivity index (χ3v) is 3.12. The molecule has 0 fully saturated rings. The summed E-state index contributed by atoms with van der Waals surface area (Å²) in [6.07, 6.45) is 4.39. The van der Waals surface area contributed by atoms with Crippen molar-refractivity contribution in [2.24, 2.45) is 0 Å². The Kier molecular flexibility index (Phi) is 2.53. The molecule has 1 aromatic rings. The van der Waals surface area contributed by atoms with Crippen LogP contribution < -0.4 is 4.74 Å². The Balaban J connectivity index is 2.49. The van der Waals surface area contributed by atoms with E-state index in [9.17, 15) is 5.11 Å². The molecule has 0 aliphatic heterocycles. The summed E-state index contributed by atoms with van der Waals surface area (Å²) in [6.45, 7) is 3.72. The average molecular weight is 204 g/mol. The zero-order chi connectivity index (χ0) is 10.9. The molecule has 80 valence electrons. The van der Waals surface area contributed by atoms with Gasteiger partial charge < -0.3 is 9.84 Å². The summed E-state index contributed by atoms with van der Waals surface area (Å²) in [5.41, 5.74) is 1.30. The molecule has 1 unspecified atom stereocenters. The second-order valence-electron chi connectivity index (χ2n) is 4.01. The van der Waals surface area contributed by atoms with Gasteiger partial charge in [0.2, 0.25) is 0 Å². The SMILES string of the molecule is C=CC1(O)CCCc2cc(OC)ccc21. The van der Waals surface area contributed by atoms with Crippen molar-refractivity contribution in [3.63, 3.8) is 0 Å². The Labute approximate surface area is 90.2 Å². The van der Waals surface area contributed by atoms with Gasteiger partial charge in [-0.3, -0.25) is 0 Å². The predicted molar refractivity (Wildman–Crippen MR) is 60.0 cm³/mol. The lowest BCUT2D eigenvalue weighted by molar-refractivity contribution is 0.0703. The molecule has 0 spiro atoms. The van der Waals surface area contributed by atoms with Gasteiger partial charge in [-0.1, -0.05) is 18.7 Å². The van der Waals surface area contributed by atoms with Crippen molar-refractivity contribution in [3.05, 3.63) is 42.0 Å². The zero-order valence-electron chi connectivity index (χ0n) is 8.99. The van der Waals surface area contributed by atoms with Crippen molar-refractivity contribution >= 4 is 0 Å². The van der Waals surface area contributed by atoms with Crippen LogP contribution in [-0.2, 0) is 12.0 Å². The van der Waals surface area contributed by atoms with Crippen molar-refractivity contribution in [1.29, 1.82) is 0 Å². The maximum absolute atomic E-state index is 10.3. The Morgan fingerprint density at radius 1 is 1.53 bits per heavy atom. The van der Waals surface area contributed by atoms with Crippen LogP contribution in [-0.4, -0.2) is 12.2 Å². The summed E-state index contributed by atoms with van der Waals surface area (Å²) in [6, 6.07) is 5.83. The molecule has 1 N–H and O–H groups in total. The lowest BCUT2D eigenvalue weighted by atomic mass is 9.79. The minimum Gasteiger partial charge on any atom is -0.497 e. The molecular weight excluding hydrogens is 188 g/mol. The monoisotopic (exact) mass is 204 g/mol. The number of rotatable bonds is 2. The molecule has 1 aromatic carbocycles. The van der Waals surface area contributed by atoms with E-state index in [0.717, 1.165) is 30.6 Å². The Morgan fingerprint density at radius 3 is 3.00 bits per heavy atom. The van der Waals surface area contributed by atoms with Gasteiger partial charge >= 0.3 is 0 Å². The van der Waals surface area contributed by atoms with E-state index >= 15 is 0 Å². The summed E-state index contributed by atoms with van der Waals surface area (Å²) in [5.74, 6) is 0.849. The minimum absolute atomic E-state index is 0.760. The van der Waals surface area contributed by atoms with Gasteiger partial charge in [-0.25, -0.2) is 0 Å². The first-order valence-corrected chi connectivity index (χ1v) is 5.23. The lowest BCUT2D eigenvalue weighted by Gasteiger charge is -2.31. The fourth-order valence-corrected chi connectivity index (χ4v) is 2.22. The summed E-state index contributed by atoms with van der Waals surface area (Å²) < 4.78 is 5.17. The lowest BCUT2D eigenvalue weighted by Crippen LogP contribution is -2.27. The topological polar surface area (TPSA) is 29.5 Å². The van der Waals surface area contributed by atoms with E-state index < -0.39 is 5.60 Å². The molecule has 0 amide bonds.